The molecule has 0 bridgehead atoms. The molecule has 142 valence electrons. The molecule has 0 unspecified atom stereocenters. The van der Waals surface area contributed by atoms with Crippen LogP contribution in [0.4, 0.5) is 4.79 Å². The number of rotatable bonds is 8. The van der Waals surface area contributed by atoms with Gasteiger partial charge in [0.15, 0.2) is 0 Å². The van der Waals surface area contributed by atoms with E-state index in [0.717, 1.165) is 16.1 Å². The fourth-order valence-corrected chi connectivity index (χ4v) is 2.32. The Balaban J connectivity index is 1.96. The molecule has 0 spiro atoms. The number of hydrogen-bond donors (Lipinski definition) is 2. The number of ether oxygens (including phenoxy) is 1. The maximum atomic E-state index is 12.4. The number of carboxylic acids is 1. The van der Waals surface area contributed by atoms with Crippen molar-refractivity contribution in [2.75, 3.05) is 0 Å². The minimum atomic E-state index is -0.966. The van der Waals surface area contributed by atoms with E-state index < -0.39 is 18.0 Å². The molecular formula is C20H22N2O5. The van der Waals surface area contributed by atoms with Crippen LogP contribution in [0.25, 0.3) is 0 Å². The van der Waals surface area contributed by atoms with Gasteiger partial charge in [0.25, 0.3) is 0 Å². The van der Waals surface area contributed by atoms with Crippen molar-refractivity contribution in [2.24, 2.45) is 0 Å². The molecule has 2 aromatic carbocycles. The average molecular weight is 370 g/mol. The van der Waals surface area contributed by atoms with Gasteiger partial charge >= 0.3 is 12.1 Å². The number of carbonyl (C=O) groups is 3. The van der Waals surface area contributed by atoms with Crippen molar-refractivity contribution in [2.45, 2.75) is 32.4 Å². The van der Waals surface area contributed by atoms with Crippen molar-refractivity contribution in [3.05, 3.63) is 71.8 Å². The van der Waals surface area contributed by atoms with Crippen LogP contribution in [0, 0.1) is 0 Å². The van der Waals surface area contributed by atoms with E-state index in [2.05, 4.69) is 5.43 Å². The molecule has 0 aliphatic heterocycles. The van der Waals surface area contributed by atoms with E-state index in [1.54, 1.807) is 0 Å². The number of nitrogens with zero attached hydrogens (tertiary/aromatic N) is 1. The molecule has 0 radical (unpaired) electrons. The minimum Gasteiger partial charge on any atom is -0.481 e. The third-order valence-electron chi connectivity index (χ3n) is 3.66. The Kier molecular flexibility index (Phi) is 7.84. The molecule has 2 aromatic rings. The average Bonchev–Trinajstić information content (AvgIpc) is 2.67. The van der Waals surface area contributed by atoms with E-state index in [4.69, 9.17) is 9.84 Å². The molecule has 7 nitrogen and oxygen atoms in total. The summed E-state index contributed by atoms with van der Waals surface area (Å²) in [6.07, 6.45) is -0.595. The Hall–Kier alpha value is -3.35. The van der Waals surface area contributed by atoms with Gasteiger partial charge in [-0.05, 0) is 17.5 Å². The van der Waals surface area contributed by atoms with Crippen LogP contribution in [-0.2, 0) is 27.5 Å². The van der Waals surface area contributed by atoms with Gasteiger partial charge in [-0.1, -0.05) is 60.7 Å². The van der Waals surface area contributed by atoms with E-state index >= 15 is 0 Å². The Morgan fingerprint density at radius 3 is 2.07 bits per heavy atom. The first-order chi connectivity index (χ1) is 13.0. The number of carboxylic acid groups (broad SMARTS) is 1. The number of nitrogens with one attached hydrogen (secondary N) is 1. The van der Waals surface area contributed by atoms with Crippen molar-refractivity contribution in [3.8, 4) is 0 Å². The molecule has 0 aromatic heterocycles. The van der Waals surface area contributed by atoms with Gasteiger partial charge in [0.1, 0.15) is 6.61 Å². The fourth-order valence-electron chi connectivity index (χ4n) is 2.32. The Morgan fingerprint density at radius 1 is 0.889 bits per heavy atom. The second-order valence-electron chi connectivity index (χ2n) is 5.89. The maximum absolute atomic E-state index is 12.4. The van der Waals surface area contributed by atoms with Crippen molar-refractivity contribution >= 4 is 18.0 Å². The van der Waals surface area contributed by atoms with Gasteiger partial charge in [-0.2, -0.15) is 0 Å². The number of hydrogen-bond acceptors (Lipinski definition) is 4. The highest BCUT2D eigenvalue weighted by atomic mass is 16.6. The summed E-state index contributed by atoms with van der Waals surface area (Å²) in [5, 5.41) is 9.75. The Morgan fingerprint density at radius 2 is 1.48 bits per heavy atom. The van der Waals surface area contributed by atoms with Crippen LogP contribution in [0.3, 0.4) is 0 Å². The summed E-state index contributed by atoms with van der Waals surface area (Å²) < 4.78 is 5.28. The Bertz CT molecular complexity index is 749. The molecule has 0 saturated carbocycles. The summed E-state index contributed by atoms with van der Waals surface area (Å²) in [6.45, 7) is 0.221. The second-order valence-corrected chi connectivity index (χ2v) is 5.89. The lowest BCUT2D eigenvalue weighted by molar-refractivity contribution is -0.137. The molecule has 0 aliphatic rings. The maximum Gasteiger partial charge on any atom is 0.429 e. The minimum absolute atomic E-state index is 0.00353. The molecule has 7 heteroatoms. The normalized spacial score (nSPS) is 10.1. The van der Waals surface area contributed by atoms with Gasteiger partial charge in [0.05, 0.1) is 6.54 Å². The number of carbonyl (C=O) groups excluding carboxylic acids is 2. The highest BCUT2D eigenvalue weighted by molar-refractivity contribution is 5.79. The largest absolute Gasteiger partial charge is 0.481 e. The lowest BCUT2D eigenvalue weighted by atomic mass is 10.2. The van der Waals surface area contributed by atoms with Crippen LogP contribution in [0.2, 0.25) is 0 Å². The van der Waals surface area contributed by atoms with Gasteiger partial charge in [-0.3, -0.25) is 15.0 Å². The smallest absolute Gasteiger partial charge is 0.429 e. The highest BCUT2D eigenvalue weighted by Gasteiger charge is 2.18. The van der Waals surface area contributed by atoms with Gasteiger partial charge < -0.3 is 9.84 Å². The lowest BCUT2D eigenvalue weighted by Crippen LogP contribution is -2.45. The molecule has 0 saturated heterocycles. The van der Waals surface area contributed by atoms with Crippen LogP contribution in [-0.4, -0.2) is 28.1 Å². The van der Waals surface area contributed by atoms with Crippen molar-refractivity contribution < 1.29 is 24.2 Å². The van der Waals surface area contributed by atoms with Crippen molar-refractivity contribution in [1.29, 1.82) is 0 Å². The van der Waals surface area contributed by atoms with E-state index in [0.29, 0.717) is 0 Å². The highest BCUT2D eigenvalue weighted by Crippen LogP contribution is 2.07. The standard InChI is InChI=1S/C20H22N2O5/c23-18(12-7-13-19(24)25)21-22(14-16-8-3-1-4-9-16)20(26)27-15-17-10-5-2-6-11-17/h1-6,8-11H,7,12-15H2,(H,21,23)(H,24,25). The van der Waals surface area contributed by atoms with E-state index in [9.17, 15) is 14.4 Å². The molecular weight excluding hydrogens is 348 g/mol. The van der Waals surface area contributed by atoms with E-state index in [-0.39, 0.29) is 32.4 Å². The zero-order chi connectivity index (χ0) is 19.5. The number of aliphatic carboxylic acids is 1. The third kappa shape index (κ3) is 7.60. The molecule has 2 rings (SSSR count). The number of benzene rings is 2. The van der Waals surface area contributed by atoms with Crippen molar-refractivity contribution in [3.63, 3.8) is 0 Å². The van der Waals surface area contributed by atoms with Gasteiger partial charge in [0.2, 0.25) is 5.91 Å². The van der Waals surface area contributed by atoms with Crippen LogP contribution in [0.15, 0.2) is 60.7 Å². The topological polar surface area (TPSA) is 95.9 Å². The van der Waals surface area contributed by atoms with E-state index in [1.165, 1.54) is 0 Å². The number of hydrazine groups is 1. The van der Waals surface area contributed by atoms with Gasteiger partial charge in [0, 0.05) is 12.8 Å². The molecule has 0 aliphatic carbocycles. The lowest BCUT2D eigenvalue weighted by Gasteiger charge is -2.23. The zero-order valence-electron chi connectivity index (χ0n) is 14.8. The summed E-state index contributed by atoms with van der Waals surface area (Å²) >= 11 is 0. The van der Waals surface area contributed by atoms with Crippen molar-refractivity contribution in [1.82, 2.24) is 10.4 Å². The zero-order valence-corrected chi connectivity index (χ0v) is 14.8. The second kappa shape index (κ2) is 10.6. The fraction of sp³-hybridized carbons (Fsp3) is 0.250. The van der Waals surface area contributed by atoms with Crippen LogP contribution in [0.5, 0.6) is 0 Å². The van der Waals surface area contributed by atoms with Crippen LogP contribution < -0.4 is 5.43 Å². The monoisotopic (exact) mass is 370 g/mol. The molecule has 2 N–H and O–H groups in total. The molecule has 0 fully saturated rings. The summed E-state index contributed by atoms with van der Waals surface area (Å²) in [7, 11) is 0. The quantitative estimate of drug-likeness (QED) is 0.696. The summed E-state index contributed by atoms with van der Waals surface area (Å²) in [6, 6.07) is 18.4. The molecule has 2 amide bonds. The predicted molar refractivity (Wildman–Crippen MR) is 98.2 cm³/mol. The summed E-state index contributed by atoms with van der Waals surface area (Å²) in [5.41, 5.74) is 4.15. The molecule has 27 heavy (non-hydrogen) atoms. The van der Waals surface area contributed by atoms with Gasteiger partial charge in [-0.25, -0.2) is 9.80 Å². The third-order valence-corrected chi connectivity index (χ3v) is 3.66. The van der Waals surface area contributed by atoms with E-state index in [1.807, 2.05) is 60.7 Å². The molecule has 0 heterocycles. The summed E-state index contributed by atoms with van der Waals surface area (Å²) in [4.78, 5) is 35.0. The molecule has 0 atom stereocenters. The number of amides is 2. The van der Waals surface area contributed by atoms with Gasteiger partial charge in [-0.15, -0.1) is 0 Å². The first-order valence-electron chi connectivity index (χ1n) is 8.58. The van der Waals surface area contributed by atoms with Crippen LogP contribution in [0.1, 0.15) is 30.4 Å². The Labute approximate surface area is 157 Å². The first kappa shape index (κ1) is 20.0. The predicted octanol–water partition coefficient (Wildman–Crippen LogP) is 3.11. The first-order valence-corrected chi connectivity index (χ1v) is 8.58. The SMILES string of the molecule is O=C(O)CCCC(=O)NN(Cc1ccccc1)C(=O)OCc1ccccc1. The summed E-state index contributed by atoms with van der Waals surface area (Å²) in [5.74, 6) is -1.41. The van der Waals surface area contributed by atoms with Crippen LogP contribution >= 0.6 is 0 Å².